The summed E-state index contributed by atoms with van der Waals surface area (Å²) >= 11 is 0. The third-order valence-corrected chi connectivity index (χ3v) is 14.4. The van der Waals surface area contributed by atoms with Crippen LogP contribution in [0, 0.1) is 11.3 Å². The first-order valence-electron chi connectivity index (χ1n) is 21.1. The molecular weight excluding hydrogens is 812 g/mol. The molecule has 62 heavy (non-hydrogen) atoms. The van der Waals surface area contributed by atoms with Crippen LogP contribution in [0.25, 0.3) is 22.2 Å². The lowest BCUT2D eigenvalue weighted by Gasteiger charge is -2.36. The number of amides is 3. The Hall–Kier alpha value is -5.72. The Morgan fingerprint density at radius 1 is 0.968 bits per heavy atom. The van der Waals surface area contributed by atoms with Gasteiger partial charge in [0.1, 0.15) is 53.9 Å². The zero-order valence-electron chi connectivity index (χ0n) is 35.8. The summed E-state index contributed by atoms with van der Waals surface area (Å²) in [5.74, 6) is -0.449. The van der Waals surface area contributed by atoms with Crippen molar-refractivity contribution >= 4 is 42.7 Å². The molecule has 3 aliphatic rings. The molecule has 7 atom stereocenters. The van der Waals surface area contributed by atoms with E-state index in [0.717, 1.165) is 31.2 Å². The summed E-state index contributed by atoms with van der Waals surface area (Å²) < 4.78 is 45.1. The number of benzene rings is 3. The number of hydrogen-bond acceptors (Lipinski definition) is 11. The van der Waals surface area contributed by atoms with Crippen molar-refractivity contribution in [1.29, 1.82) is 0 Å². The van der Waals surface area contributed by atoms with E-state index in [0.29, 0.717) is 34.4 Å². The Balaban J connectivity index is 1.25. The van der Waals surface area contributed by atoms with Gasteiger partial charge in [0, 0.05) is 35.4 Å². The zero-order valence-corrected chi connectivity index (χ0v) is 36.7. The Morgan fingerprint density at radius 3 is 2.29 bits per heavy atom. The van der Waals surface area contributed by atoms with Crippen LogP contribution in [0.2, 0.25) is 0 Å². The van der Waals surface area contributed by atoms with Crippen molar-refractivity contribution < 1.29 is 47.0 Å². The van der Waals surface area contributed by atoms with Crippen molar-refractivity contribution in [1.82, 2.24) is 20.5 Å². The molecule has 2 saturated carbocycles. The molecule has 3 aromatic carbocycles. The maximum Gasteiger partial charge on any atom is 0.408 e. The maximum atomic E-state index is 15.1. The summed E-state index contributed by atoms with van der Waals surface area (Å²) in [5, 5.41) is 4.88. The van der Waals surface area contributed by atoms with Gasteiger partial charge in [-0.05, 0) is 68.7 Å². The van der Waals surface area contributed by atoms with E-state index in [4.69, 9.17) is 28.2 Å². The highest BCUT2D eigenvalue weighted by Crippen LogP contribution is 2.72. The number of para-hydroxylation sites is 1. The predicted molar refractivity (Wildman–Crippen MR) is 234 cm³/mol. The molecule has 0 bridgehead atoms. The fraction of sp³-hybridized carbons (Fsp3) is 0.426. The third-order valence-electron chi connectivity index (χ3n) is 11.7. The number of aldehydes is 1. The van der Waals surface area contributed by atoms with Crippen molar-refractivity contribution in [3.63, 3.8) is 0 Å². The van der Waals surface area contributed by atoms with Crippen LogP contribution in [0.1, 0.15) is 66.2 Å². The molecule has 1 aromatic heterocycles. The van der Waals surface area contributed by atoms with Crippen molar-refractivity contribution in [2.75, 3.05) is 13.7 Å². The minimum atomic E-state index is -4.39. The zero-order chi connectivity index (χ0) is 44.2. The van der Waals surface area contributed by atoms with E-state index in [1.807, 2.05) is 69.3 Å². The van der Waals surface area contributed by atoms with Crippen molar-refractivity contribution in [3.8, 4) is 28.5 Å². The van der Waals surface area contributed by atoms with Gasteiger partial charge < -0.3 is 39.1 Å². The minimum Gasteiger partial charge on any atom is -0.497 e. The second-order valence-electron chi connectivity index (χ2n) is 17.3. The molecule has 328 valence electrons. The quantitative estimate of drug-likeness (QED) is 0.0632. The Kier molecular flexibility index (Phi) is 13.1. The Morgan fingerprint density at radius 2 is 1.66 bits per heavy atom. The van der Waals surface area contributed by atoms with Crippen LogP contribution in [0.5, 0.6) is 17.2 Å². The van der Waals surface area contributed by atoms with E-state index < -0.39 is 66.4 Å². The van der Waals surface area contributed by atoms with Crippen LogP contribution in [-0.4, -0.2) is 83.4 Å². The Bertz CT molecular complexity index is 2330. The fourth-order valence-electron chi connectivity index (χ4n) is 8.28. The van der Waals surface area contributed by atoms with Crippen molar-refractivity contribution in [3.05, 3.63) is 97.6 Å². The molecule has 3 amide bonds. The fourth-order valence-corrected chi connectivity index (χ4v) is 10.7. The van der Waals surface area contributed by atoms with Crippen LogP contribution < -0.4 is 24.6 Å². The molecule has 2 N–H and O–H groups in total. The van der Waals surface area contributed by atoms with Crippen molar-refractivity contribution in [2.24, 2.45) is 11.3 Å². The first-order chi connectivity index (χ1) is 29.7. The molecule has 3 fully saturated rings. The third kappa shape index (κ3) is 9.51. The summed E-state index contributed by atoms with van der Waals surface area (Å²) in [4.78, 5) is 61.4. The summed E-state index contributed by atoms with van der Waals surface area (Å²) in [5.41, 5.74) is 1.29. The normalized spacial score (nSPS) is 23.0. The number of carbonyl (C=O) groups is 4. The van der Waals surface area contributed by atoms with Gasteiger partial charge in [-0.3, -0.25) is 14.1 Å². The molecule has 1 saturated heterocycles. The van der Waals surface area contributed by atoms with E-state index in [1.54, 1.807) is 49.6 Å². The number of aromatic nitrogens is 1. The molecule has 4 aromatic rings. The topological polar surface area (TPSA) is 172 Å². The molecular formula is C47H55N4O10P. The first-order valence-corrected chi connectivity index (χ1v) is 22.6. The first kappa shape index (κ1) is 44.3. The van der Waals surface area contributed by atoms with E-state index in [-0.39, 0.29) is 31.2 Å². The van der Waals surface area contributed by atoms with Crippen LogP contribution in [0.4, 0.5) is 4.79 Å². The lowest BCUT2D eigenvalue weighted by molar-refractivity contribution is -0.142. The maximum absolute atomic E-state index is 15.1. The predicted octanol–water partition coefficient (Wildman–Crippen LogP) is 8.24. The van der Waals surface area contributed by atoms with Gasteiger partial charge in [0.05, 0.1) is 24.9 Å². The summed E-state index contributed by atoms with van der Waals surface area (Å²) in [6, 6.07) is 23.0. The molecule has 14 nitrogen and oxygen atoms in total. The smallest absolute Gasteiger partial charge is 0.408 e. The van der Waals surface area contributed by atoms with Gasteiger partial charge in [0.2, 0.25) is 11.8 Å². The van der Waals surface area contributed by atoms with E-state index >= 15 is 4.57 Å². The molecule has 1 aliphatic heterocycles. The monoisotopic (exact) mass is 866 g/mol. The number of ether oxygens (including phenoxy) is 3. The van der Waals surface area contributed by atoms with E-state index in [2.05, 4.69) is 17.2 Å². The highest BCUT2D eigenvalue weighted by Gasteiger charge is 2.70. The van der Waals surface area contributed by atoms with E-state index in [1.165, 1.54) is 11.8 Å². The molecule has 7 rings (SSSR count). The number of hydrogen-bond donors (Lipinski definition) is 2. The van der Waals surface area contributed by atoms with Gasteiger partial charge in [0.25, 0.3) is 0 Å². The molecule has 0 spiro atoms. The number of likely N-dealkylation sites (tertiary alicyclic amines) is 1. The minimum absolute atomic E-state index is 0.0197. The molecule has 15 heteroatoms. The number of pyridine rings is 1. The van der Waals surface area contributed by atoms with Crippen LogP contribution in [-0.2, 0) is 28.2 Å². The summed E-state index contributed by atoms with van der Waals surface area (Å²) in [6.45, 7) is 10.8. The second-order valence-corrected chi connectivity index (χ2v) is 19.5. The highest BCUT2D eigenvalue weighted by atomic mass is 31.2. The van der Waals surface area contributed by atoms with Crippen LogP contribution in [0.3, 0.4) is 0 Å². The van der Waals surface area contributed by atoms with Gasteiger partial charge in [-0.1, -0.05) is 75.4 Å². The van der Waals surface area contributed by atoms with Gasteiger partial charge in [-0.25, -0.2) is 14.3 Å². The highest BCUT2D eigenvalue weighted by molar-refractivity contribution is 7.56. The Labute approximate surface area is 362 Å². The average molecular weight is 867 g/mol. The summed E-state index contributed by atoms with van der Waals surface area (Å²) in [6.07, 6.45) is 2.78. The van der Waals surface area contributed by atoms with Gasteiger partial charge in [-0.2, -0.15) is 0 Å². The number of carbonyl (C=O) groups excluding carboxylic acids is 4. The standard InChI is InChI=1S/C47H55N4O10P/c1-7-32-27-47(32,62(56,60-30(2)29-52)61-34-20-12-9-13-21-34)50-43(53)40-25-36(28-51(40)44(54)42(46(3,4)5)49-45(55)59-33-18-14-15-19-33)58-41-26-38(31-16-10-8-11-17-31)48-39-24-35(57-6)22-23-37(39)41/h7-13,16-17,20-24,26,29-30,32-33,36,40,42H,1,14-15,18-19,25,27-28H2,2-6H3,(H,49,55)(H,50,53)/t30-,32+,36+,40-,42+,47-,62?/m0/s1. The average Bonchev–Trinajstić information content (AvgIpc) is 3.51. The second kappa shape index (κ2) is 18.3. The number of fused-ring (bicyclic) bond motifs is 1. The molecule has 0 radical (unpaired) electrons. The molecule has 2 heterocycles. The van der Waals surface area contributed by atoms with E-state index in [9.17, 15) is 19.2 Å². The number of nitrogens with zero attached hydrogens (tertiary/aromatic N) is 2. The SMILES string of the molecule is C=C[C@@H]1C[C@]1(NC(=O)[C@@H]1C[C@@H](Oc2cc(-c3ccccc3)nc3cc(OC)ccc23)CN1C(=O)[C@@H](NC(=O)OC1CCCC1)C(C)(C)C)P(=O)(Oc1ccccc1)O[C@@H](C)C=O. The molecule has 1 unspecified atom stereocenters. The lowest BCUT2D eigenvalue weighted by Crippen LogP contribution is -2.58. The number of rotatable bonds is 16. The number of alkyl carbamates (subject to hydrolysis) is 1. The van der Waals surface area contributed by atoms with Gasteiger partial charge in [0.15, 0.2) is 5.28 Å². The van der Waals surface area contributed by atoms with Gasteiger partial charge >= 0.3 is 13.7 Å². The van der Waals surface area contributed by atoms with Crippen molar-refractivity contribution in [2.45, 2.75) is 102 Å². The van der Waals surface area contributed by atoms with Gasteiger partial charge in [-0.15, -0.1) is 6.58 Å². The molecule has 2 aliphatic carbocycles. The number of nitrogens with one attached hydrogen (secondary N) is 2. The van der Waals surface area contributed by atoms with Crippen LogP contribution in [0.15, 0.2) is 97.6 Å². The largest absolute Gasteiger partial charge is 0.497 e. The van der Waals surface area contributed by atoms with Crippen LogP contribution >= 0.6 is 7.60 Å². The lowest BCUT2D eigenvalue weighted by atomic mass is 9.85. The summed E-state index contributed by atoms with van der Waals surface area (Å²) in [7, 11) is -2.82. The number of methoxy groups -OCH3 is 1.